The molecule has 3 atom stereocenters. The molecule has 0 spiro atoms. The van der Waals surface area contributed by atoms with Crippen LogP contribution in [0.2, 0.25) is 0 Å². The number of benzene rings is 1. The predicted molar refractivity (Wildman–Crippen MR) is 87.6 cm³/mol. The summed E-state index contributed by atoms with van der Waals surface area (Å²) in [6.07, 6.45) is 6.03. The van der Waals surface area contributed by atoms with Gasteiger partial charge in [0.05, 0.1) is 12.7 Å². The molecule has 1 fully saturated rings. The van der Waals surface area contributed by atoms with Gasteiger partial charge in [-0.1, -0.05) is 43.9 Å². The highest BCUT2D eigenvalue weighted by atomic mass is 16.5. The summed E-state index contributed by atoms with van der Waals surface area (Å²) in [6.45, 7) is 8.92. The molecule has 1 aliphatic rings. The van der Waals surface area contributed by atoms with Gasteiger partial charge >= 0.3 is 0 Å². The maximum absolute atomic E-state index is 10.5. The number of hydrogen-bond donors (Lipinski definition) is 1. The van der Waals surface area contributed by atoms with E-state index in [-0.39, 0.29) is 0 Å². The third kappa shape index (κ3) is 4.08. The van der Waals surface area contributed by atoms with E-state index in [2.05, 4.69) is 39.8 Å². The summed E-state index contributed by atoms with van der Waals surface area (Å²) in [4.78, 5) is 0. The molecule has 1 aromatic rings. The first-order valence-electron chi connectivity index (χ1n) is 8.40. The Morgan fingerprint density at radius 2 is 1.76 bits per heavy atom. The molecule has 1 saturated carbocycles. The Bertz CT molecular complexity index is 444. The molecule has 2 heteroatoms. The zero-order valence-electron chi connectivity index (χ0n) is 14.0. The Labute approximate surface area is 129 Å². The van der Waals surface area contributed by atoms with Crippen molar-refractivity contribution in [1.82, 2.24) is 0 Å². The van der Waals surface area contributed by atoms with Gasteiger partial charge in [0, 0.05) is 0 Å². The van der Waals surface area contributed by atoms with Crippen molar-refractivity contribution in [2.24, 2.45) is 5.92 Å². The molecular weight excluding hydrogens is 260 g/mol. The maximum atomic E-state index is 10.5. The van der Waals surface area contributed by atoms with Gasteiger partial charge in [-0.25, -0.2) is 0 Å². The number of ether oxygens (including phenoxy) is 1. The second-order valence-electron chi connectivity index (χ2n) is 6.65. The van der Waals surface area contributed by atoms with Crippen LogP contribution in [0.15, 0.2) is 12.1 Å². The van der Waals surface area contributed by atoms with E-state index < -0.39 is 6.10 Å². The van der Waals surface area contributed by atoms with Gasteiger partial charge in [0.2, 0.25) is 0 Å². The van der Waals surface area contributed by atoms with E-state index >= 15 is 0 Å². The Kier molecular flexibility index (Phi) is 5.83. The van der Waals surface area contributed by atoms with E-state index in [9.17, 15) is 5.11 Å². The lowest BCUT2D eigenvalue weighted by molar-refractivity contribution is -0.0517. The van der Waals surface area contributed by atoms with E-state index in [0.29, 0.717) is 18.6 Å². The van der Waals surface area contributed by atoms with E-state index in [1.807, 2.05) is 0 Å². The highest BCUT2D eigenvalue weighted by Crippen LogP contribution is 2.31. The Balaban J connectivity index is 2.00. The summed E-state index contributed by atoms with van der Waals surface area (Å²) in [5.74, 6) is 0.672. The third-order valence-corrected chi connectivity index (χ3v) is 4.90. The molecule has 1 N–H and O–H groups in total. The first-order valence-corrected chi connectivity index (χ1v) is 8.40. The summed E-state index contributed by atoms with van der Waals surface area (Å²) in [5, 5.41) is 10.5. The van der Waals surface area contributed by atoms with Crippen LogP contribution in [0, 0.1) is 26.7 Å². The minimum atomic E-state index is -0.509. The maximum Gasteiger partial charge on any atom is 0.103 e. The van der Waals surface area contributed by atoms with Crippen LogP contribution in [-0.4, -0.2) is 17.8 Å². The molecule has 0 aliphatic heterocycles. The number of aryl methyl sites for hydroxylation is 3. The average Bonchev–Trinajstić information content (AvgIpc) is 2.44. The first kappa shape index (κ1) is 16.5. The molecule has 21 heavy (non-hydrogen) atoms. The zero-order chi connectivity index (χ0) is 15.4. The summed E-state index contributed by atoms with van der Waals surface area (Å²) < 4.78 is 6.09. The highest BCUT2D eigenvalue weighted by molar-refractivity contribution is 5.38. The van der Waals surface area contributed by atoms with Crippen LogP contribution in [0.4, 0.5) is 0 Å². The van der Waals surface area contributed by atoms with Crippen LogP contribution in [-0.2, 0) is 4.74 Å². The topological polar surface area (TPSA) is 29.5 Å². The van der Waals surface area contributed by atoms with Gasteiger partial charge in [0.15, 0.2) is 0 Å². The molecule has 3 unspecified atom stereocenters. The van der Waals surface area contributed by atoms with Gasteiger partial charge in [-0.15, -0.1) is 0 Å². The lowest BCUT2D eigenvalue weighted by atomic mass is 9.84. The largest absolute Gasteiger partial charge is 0.386 e. The molecule has 1 aliphatic carbocycles. The molecule has 1 aromatic carbocycles. The van der Waals surface area contributed by atoms with Crippen molar-refractivity contribution in [3.8, 4) is 0 Å². The second kappa shape index (κ2) is 7.42. The fourth-order valence-corrected chi connectivity index (χ4v) is 3.87. The summed E-state index contributed by atoms with van der Waals surface area (Å²) in [7, 11) is 0. The summed E-state index contributed by atoms with van der Waals surface area (Å²) in [5.41, 5.74) is 4.63. The highest BCUT2D eigenvalue weighted by Gasteiger charge is 2.25. The van der Waals surface area contributed by atoms with Crippen molar-refractivity contribution in [2.45, 2.75) is 72.0 Å². The molecular formula is C19H30O2. The molecule has 0 bridgehead atoms. The van der Waals surface area contributed by atoms with Gasteiger partial charge in [0.1, 0.15) is 6.10 Å². The van der Waals surface area contributed by atoms with Gasteiger partial charge in [-0.3, -0.25) is 0 Å². The minimum Gasteiger partial charge on any atom is -0.386 e. The predicted octanol–water partition coefficient (Wildman–Crippen LogP) is 4.63. The standard InChI is InChI=1S/C19H30O2/c1-5-16-8-6-7-9-18(16)21-12-17(20)19-14(3)10-13(2)11-15(19)4/h10-11,16-18,20H,5-9,12H2,1-4H3. The Morgan fingerprint density at radius 3 is 2.38 bits per heavy atom. The molecule has 0 radical (unpaired) electrons. The van der Waals surface area contributed by atoms with E-state index in [1.165, 1.54) is 42.4 Å². The van der Waals surface area contributed by atoms with Crippen molar-refractivity contribution in [3.63, 3.8) is 0 Å². The van der Waals surface area contributed by atoms with Crippen LogP contribution in [0.5, 0.6) is 0 Å². The SMILES string of the molecule is CCC1CCCCC1OCC(O)c1c(C)cc(C)cc1C. The van der Waals surface area contributed by atoms with Gasteiger partial charge in [0.25, 0.3) is 0 Å². The van der Waals surface area contributed by atoms with Crippen LogP contribution in [0.1, 0.15) is 67.4 Å². The molecule has 0 amide bonds. The third-order valence-electron chi connectivity index (χ3n) is 4.90. The molecule has 0 aromatic heterocycles. The fraction of sp³-hybridized carbons (Fsp3) is 0.684. The number of rotatable bonds is 5. The lowest BCUT2D eigenvalue weighted by Gasteiger charge is -2.31. The summed E-state index contributed by atoms with van der Waals surface area (Å²) >= 11 is 0. The molecule has 2 nitrogen and oxygen atoms in total. The summed E-state index contributed by atoms with van der Waals surface area (Å²) in [6, 6.07) is 4.28. The average molecular weight is 290 g/mol. The number of aliphatic hydroxyl groups excluding tert-OH is 1. The van der Waals surface area contributed by atoms with Gasteiger partial charge in [-0.2, -0.15) is 0 Å². The van der Waals surface area contributed by atoms with E-state index in [1.54, 1.807) is 0 Å². The first-order chi connectivity index (χ1) is 10.0. The Morgan fingerprint density at radius 1 is 1.14 bits per heavy atom. The van der Waals surface area contributed by atoms with Gasteiger partial charge < -0.3 is 9.84 Å². The molecule has 2 rings (SSSR count). The number of aliphatic hydroxyl groups is 1. The van der Waals surface area contributed by atoms with E-state index in [0.717, 1.165) is 12.0 Å². The second-order valence-corrected chi connectivity index (χ2v) is 6.65. The smallest absolute Gasteiger partial charge is 0.103 e. The lowest BCUT2D eigenvalue weighted by Crippen LogP contribution is -2.29. The van der Waals surface area contributed by atoms with Gasteiger partial charge in [-0.05, 0) is 56.2 Å². The van der Waals surface area contributed by atoms with Crippen molar-refractivity contribution in [1.29, 1.82) is 0 Å². The zero-order valence-corrected chi connectivity index (χ0v) is 14.0. The Hall–Kier alpha value is -0.860. The van der Waals surface area contributed by atoms with Crippen molar-refractivity contribution < 1.29 is 9.84 Å². The quantitative estimate of drug-likeness (QED) is 0.856. The molecule has 118 valence electrons. The van der Waals surface area contributed by atoms with Crippen LogP contribution in [0.3, 0.4) is 0 Å². The molecule has 0 saturated heterocycles. The van der Waals surface area contributed by atoms with Crippen LogP contribution < -0.4 is 0 Å². The van der Waals surface area contributed by atoms with E-state index in [4.69, 9.17) is 4.74 Å². The van der Waals surface area contributed by atoms with Crippen molar-refractivity contribution >= 4 is 0 Å². The van der Waals surface area contributed by atoms with Crippen LogP contribution >= 0.6 is 0 Å². The fourth-order valence-electron chi connectivity index (χ4n) is 3.87. The minimum absolute atomic E-state index is 0.337. The normalized spacial score (nSPS) is 24.0. The molecule has 0 heterocycles. The van der Waals surface area contributed by atoms with Crippen molar-refractivity contribution in [2.75, 3.05) is 6.61 Å². The van der Waals surface area contributed by atoms with Crippen molar-refractivity contribution in [3.05, 3.63) is 34.4 Å². The van der Waals surface area contributed by atoms with Crippen LogP contribution in [0.25, 0.3) is 0 Å². The number of hydrogen-bond acceptors (Lipinski definition) is 2. The monoisotopic (exact) mass is 290 g/mol.